The van der Waals surface area contributed by atoms with Crippen molar-refractivity contribution in [1.82, 2.24) is 10.6 Å². The number of nitrogens with one attached hydrogen (secondary N) is 2. The molecule has 0 bridgehead atoms. The monoisotopic (exact) mass is 258 g/mol. The Hall–Kier alpha value is 0.230. The van der Waals surface area contributed by atoms with Crippen molar-refractivity contribution in [3.8, 4) is 0 Å². The minimum absolute atomic E-state index is 0.458. The first-order valence-electron chi connectivity index (χ1n) is 7.01. The maximum atomic E-state index is 5.57. The second kappa shape index (κ2) is 7.62. The van der Waals surface area contributed by atoms with Crippen LogP contribution in [0.1, 0.15) is 26.2 Å². The van der Waals surface area contributed by atoms with Gasteiger partial charge in [-0.05, 0) is 45.2 Å². The molecule has 2 heterocycles. The maximum absolute atomic E-state index is 5.57. The Balaban J connectivity index is 1.45. The van der Waals surface area contributed by atoms with Gasteiger partial charge in [0.15, 0.2) is 0 Å². The fourth-order valence-corrected chi connectivity index (χ4v) is 3.76. The summed E-state index contributed by atoms with van der Waals surface area (Å²) in [6.45, 7) is 7.86. The Labute approximate surface area is 109 Å². The van der Waals surface area contributed by atoms with E-state index in [9.17, 15) is 0 Å². The van der Waals surface area contributed by atoms with Gasteiger partial charge in [-0.2, -0.15) is 11.8 Å². The first kappa shape index (κ1) is 13.7. The van der Waals surface area contributed by atoms with Crippen molar-refractivity contribution in [1.29, 1.82) is 0 Å². The van der Waals surface area contributed by atoms with Crippen LogP contribution in [-0.2, 0) is 4.74 Å². The molecule has 100 valence electrons. The SMILES string of the molecule is CC1OCCC1CNCCSC1CCNCC1. The molecule has 2 unspecified atom stereocenters. The topological polar surface area (TPSA) is 33.3 Å². The third-order valence-electron chi connectivity index (χ3n) is 3.86. The van der Waals surface area contributed by atoms with Crippen LogP contribution in [0.15, 0.2) is 0 Å². The summed E-state index contributed by atoms with van der Waals surface area (Å²) in [5.74, 6) is 1.99. The van der Waals surface area contributed by atoms with Crippen LogP contribution >= 0.6 is 11.8 Å². The average molecular weight is 258 g/mol. The molecule has 4 heteroatoms. The van der Waals surface area contributed by atoms with Crippen LogP contribution in [0.4, 0.5) is 0 Å². The summed E-state index contributed by atoms with van der Waals surface area (Å²) in [5.41, 5.74) is 0. The van der Waals surface area contributed by atoms with Gasteiger partial charge in [0.1, 0.15) is 0 Å². The molecule has 2 saturated heterocycles. The van der Waals surface area contributed by atoms with E-state index >= 15 is 0 Å². The summed E-state index contributed by atoms with van der Waals surface area (Å²) in [6, 6.07) is 0. The quantitative estimate of drug-likeness (QED) is 0.707. The first-order chi connectivity index (χ1) is 8.36. The number of piperidine rings is 1. The summed E-state index contributed by atoms with van der Waals surface area (Å²) in [4.78, 5) is 0. The van der Waals surface area contributed by atoms with E-state index in [1.807, 2.05) is 0 Å². The van der Waals surface area contributed by atoms with Crippen molar-refractivity contribution >= 4 is 11.8 Å². The number of ether oxygens (including phenoxy) is 1. The standard InChI is InChI=1S/C13H26N2OS/c1-11-12(4-8-16-11)10-15-7-9-17-13-2-5-14-6-3-13/h11-15H,2-10H2,1H3. The Bertz CT molecular complexity index is 210. The lowest BCUT2D eigenvalue weighted by Gasteiger charge is -2.22. The van der Waals surface area contributed by atoms with E-state index in [1.54, 1.807) is 0 Å². The minimum atomic E-state index is 0.458. The highest BCUT2D eigenvalue weighted by Gasteiger charge is 2.23. The van der Waals surface area contributed by atoms with Gasteiger partial charge in [-0.15, -0.1) is 0 Å². The molecule has 0 aromatic rings. The highest BCUT2D eigenvalue weighted by molar-refractivity contribution is 7.99. The number of thioether (sulfide) groups is 1. The average Bonchev–Trinajstić information content (AvgIpc) is 2.76. The molecular weight excluding hydrogens is 232 g/mol. The molecule has 0 aliphatic carbocycles. The number of rotatable bonds is 6. The van der Waals surface area contributed by atoms with E-state index in [2.05, 4.69) is 29.3 Å². The van der Waals surface area contributed by atoms with Crippen molar-refractivity contribution in [2.75, 3.05) is 38.5 Å². The molecule has 2 atom stereocenters. The Morgan fingerprint density at radius 1 is 1.29 bits per heavy atom. The zero-order chi connectivity index (χ0) is 11.9. The molecule has 2 fully saturated rings. The summed E-state index contributed by atoms with van der Waals surface area (Å²) >= 11 is 2.15. The molecule has 0 spiro atoms. The van der Waals surface area contributed by atoms with Gasteiger partial charge in [0.2, 0.25) is 0 Å². The van der Waals surface area contributed by atoms with E-state index in [-0.39, 0.29) is 0 Å². The minimum Gasteiger partial charge on any atom is -0.378 e. The van der Waals surface area contributed by atoms with Gasteiger partial charge < -0.3 is 15.4 Å². The fourth-order valence-electron chi connectivity index (χ4n) is 2.59. The molecule has 0 amide bonds. The predicted molar refractivity (Wildman–Crippen MR) is 74.7 cm³/mol. The van der Waals surface area contributed by atoms with Crippen molar-refractivity contribution in [2.24, 2.45) is 5.92 Å². The Kier molecular flexibility index (Phi) is 6.12. The zero-order valence-electron chi connectivity index (χ0n) is 10.9. The van der Waals surface area contributed by atoms with Gasteiger partial charge in [-0.1, -0.05) is 0 Å². The lowest BCUT2D eigenvalue weighted by molar-refractivity contribution is 0.106. The smallest absolute Gasteiger partial charge is 0.0588 e. The van der Waals surface area contributed by atoms with Crippen LogP contribution in [0, 0.1) is 5.92 Å². The predicted octanol–water partition coefficient (Wildman–Crippen LogP) is 1.49. The third-order valence-corrected chi connectivity index (χ3v) is 5.24. The van der Waals surface area contributed by atoms with Crippen molar-refractivity contribution in [3.63, 3.8) is 0 Å². The van der Waals surface area contributed by atoms with Crippen LogP contribution in [0.2, 0.25) is 0 Å². The number of hydrogen-bond acceptors (Lipinski definition) is 4. The van der Waals surface area contributed by atoms with Gasteiger partial charge in [0.05, 0.1) is 6.10 Å². The van der Waals surface area contributed by atoms with E-state index in [1.165, 1.54) is 38.1 Å². The molecule has 0 radical (unpaired) electrons. The van der Waals surface area contributed by atoms with E-state index in [0.717, 1.165) is 30.9 Å². The number of hydrogen-bond donors (Lipinski definition) is 2. The van der Waals surface area contributed by atoms with Gasteiger partial charge >= 0.3 is 0 Å². The molecule has 0 aromatic carbocycles. The lowest BCUT2D eigenvalue weighted by atomic mass is 10.0. The molecule has 3 nitrogen and oxygen atoms in total. The largest absolute Gasteiger partial charge is 0.378 e. The summed E-state index contributed by atoms with van der Waals surface area (Å²) in [5, 5.41) is 7.89. The zero-order valence-corrected chi connectivity index (χ0v) is 11.7. The van der Waals surface area contributed by atoms with E-state index in [0.29, 0.717) is 6.10 Å². The Morgan fingerprint density at radius 3 is 2.82 bits per heavy atom. The van der Waals surface area contributed by atoms with Crippen LogP contribution in [0.5, 0.6) is 0 Å². The summed E-state index contributed by atoms with van der Waals surface area (Å²) < 4.78 is 5.57. The Morgan fingerprint density at radius 2 is 2.12 bits per heavy atom. The van der Waals surface area contributed by atoms with Gasteiger partial charge in [0.25, 0.3) is 0 Å². The third kappa shape index (κ3) is 4.78. The van der Waals surface area contributed by atoms with Gasteiger partial charge in [-0.3, -0.25) is 0 Å². The van der Waals surface area contributed by atoms with Crippen LogP contribution in [0.3, 0.4) is 0 Å². The molecule has 2 aliphatic heterocycles. The van der Waals surface area contributed by atoms with Crippen LogP contribution in [0.25, 0.3) is 0 Å². The summed E-state index contributed by atoms with van der Waals surface area (Å²) in [7, 11) is 0. The molecule has 0 saturated carbocycles. The molecule has 2 rings (SSSR count). The molecular formula is C13H26N2OS. The van der Waals surface area contributed by atoms with Gasteiger partial charge in [-0.25, -0.2) is 0 Å². The first-order valence-corrected chi connectivity index (χ1v) is 8.06. The van der Waals surface area contributed by atoms with E-state index in [4.69, 9.17) is 4.74 Å². The van der Waals surface area contributed by atoms with Crippen molar-refractivity contribution in [2.45, 2.75) is 37.5 Å². The second-order valence-corrected chi connectivity index (χ2v) is 6.56. The normalized spacial score (nSPS) is 30.9. The van der Waals surface area contributed by atoms with Crippen molar-refractivity contribution in [3.05, 3.63) is 0 Å². The van der Waals surface area contributed by atoms with Crippen molar-refractivity contribution < 1.29 is 4.74 Å². The second-order valence-electron chi connectivity index (χ2n) is 5.15. The van der Waals surface area contributed by atoms with Gasteiger partial charge in [0, 0.05) is 30.7 Å². The molecule has 2 N–H and O–H groups in total. The lowest BCUT2D eigenvalue weighted by Crippen LogP contribution is -2.31. The molecule has 2 aliphatic rings. The fraction of sp³-hybridized carbons (Fsp3) is 1.00. The maximum Gasteiger partial charge on any atom is 0.0588 e. The highest BCUT2D eigenvalue weighted by Crippen LogP contribution is 2.20. The molecule has 17 heavy (non-hydrogen) atoms. The van der Waals surface area contributed by atoms with Crippen LogP contribution < -0.4 is 10.6 Å². The van der Waals surface area contributed by atoms with Crippen LogP contribution in [-0.4, -0.2) is 49.9 Å². The van der Waals surface area contributed by atoms with E-state index < -0.39 is 0 Å². The summed E-state index contributed by atoms with van der Waals surface area (Å²) in [6.07, 6.45) is 4.38. The molecule has 0 aromatic heterocycles. The highest BCUT2D eigenvalue weighted by atomic mass is 32.2.